The summed E-state index contributed by atoms with van der Waals surface area (Å²) < 4.78 is 43.5. The number of halogens is 2. The Morgan fingerprint density at radius 1 is 1.23 bits per heavy atom. The van der Waals surface area contributed by atoms with Crippen LogP contribution in [0.5, 0.6) is 5.75 Å². The average molecular weight is 401 g/mol. The second-order valence-corrected chi connectivity index (χ2v) is 7.69. The molecule has 140 valence electrons. The van der Waals surface area contributed by atoms with E-state index in [1.807, 2.05) is 6.92 Å². The minimum absolute atomic E-state index is 0.0979. The molecule has 0 radical (unpaired) electrons. The highest BCUT2D eigenvalue weighted by Gasteiger charge is 2.21. The summed E-state index contributed by atoms with van der Waals surface area (Å²) in [5.41, 5.74) is 0.588. The lowest BCUT2D eigenvalue weighted by atomic mass is 10.3. The van der Waals surface area contributed by atoms with Crippen molar-refractivity contribution in [3.05, 3.63) is 53.3 Å². The quantitative estimate of drug-likeness (QED) is 0.773. The van der Waals surface area contributed by atoms with Crippen LogP contribution in [0.4, 0.5) is 15.8 Å². The van der Waals surface area contributed by atoms with Gasteiger partial charge in [-0.15, -0.1) is 0 Å². The van der Waals surface area contributed by atoms with Gasteiger partial charge in [-0.2, -0.15) is 0 Å². The van der Waals surface area contributed by atoms with Gasteiger partial charge in [0.2, 0.25) is 15.9 Å². The lowest BCUT2D eigenvalue weighted by Crippen LogP contribution is -2.37. The van der Waals surface area contributed by atoms with Gasteiger partial charge >= 0.3 is 0 Å². The van der Waals surface area contributed by atoms with E-state index in [2.05, 4.69) is 5.32 Å². The van der Waals surface area contributed by atoms with Gasteiger partial charge in [-0.25, -0.2) is 12.8 Å². The van der Waals surface area contributed by atoms with Crippen LogP contribution in [0.3, 0.4) is 0 Å². The summed E-state index contributed by atoms with van der Waals surface area (Å²) in [4.78, 5) is 12.2. The Balaban J connectivity index is 2.15. The van der Waals surface area contributed by atoms with E-state index in [0.29, 0.717) is 18.0 Å². The predicted molar refractivity (Wildman–Crippen MR) is 99.8 cm³/mol. The number of nitrogens with zero attached hydrogens (tertiary/aromatic N) is 1. The van der Waals surface area contributed by atoms with Crippen LogP contribution in [0.1, 0.15) is 6.92 Å². The molecule has 0 spiro atoms. The zero-order valence-electron chi connectivity index (χ0n) is 14.2. The molecular weight excluding hydrogens is 383 g/mol. The standard InChI is InChI=1S/C17H18ClFN2O4S/c1-3-25-14-7-4-12(5-8-14)20-17(22)11-21(26(2,23)24)13-6-9-16(19)15(18)10-13/h4-10H,3,11H2,1-2H3,(H,20,22). The molecule has 0 aliphatic carbocycles. The molecule has 0 bridgehead atoms. The molecule has 2 rings (SSSR count). The second-order valence-electron chi connectivity index (χ2n) is 5.37. The molecule has 0 aromatic heterocycles. The van der Waals surface area contributed by atoms with Gasteiger partial charge in [0.25, 0.3) is 0 Å². The highest BCUT2D eigenvalue weighted by molar-refractivity contribution is 7.92. The molecule has 2 aromatic rings. The molecule has 0 saturated heterocycles. The van der Waals surface area contributed by atoms with E-state index in [9.17, 15) is 17.6 Å². The number of amides is 1. The lowest BCUT2D eigenvalue weighted by molar-refractivity contribution is -0.114. The van der Waals surface area contributed by atoms with Gasteiger partial charge in [-0.3, -0.25) is 9.10 Å². The molecule has 0 atom stereocenters. The summed E-state index contributed by atoms with van der Waals surface area (Å²) >= 11 is 5.71. The van der Waals surface area contributed by atoms with Crippen LogP contribution < -0.4 is 14.4 Å². The van der Waals surface area contributed by atoms with Gasteiger partial charge in [0.15, 0.2) is 0 Å². The molecule has 2 aromatic carbocycles. The summed E-state index contributed by atoms with van der Waals surface area (Å²) in [7, 11) is -3.78. The minimum Gasteiger partial charge on any atom is -0.494 e. The summed E-state index contributed by atoms with van der Waals surface area (Å²) in [6, 6.07) is 10.1. The number of benzene rings is 2. The van der Waals surface area contributed by atoms with Crippen molar-refractivity contribution in [3.63, 3.8) is 0 Å². The predicted octanol–water partition coefficient (Wildman–Crippen LogP) is 3.28. The number of anilines is 2. The Kier molecular flexibility index (Phi) is 6.44. The largest absolute Gasteiger partial charge is 0.494 e. The van der Waals surface area contributed by atoms with Crippen LogP contribution in [-0.4, -0.2) is 33.7 Å². The molecule has 0 heterocycles. The van der Waals surface area contributed by atoms with Crippen LogP contribution in [-0.2, 0) is 14.8 Å². The Hall–Kier alpha value is -2.32. The number of rotatable bonds is 7. The number of carbonyl (C=O) groups excluding carboxylic acids is 1. The number of sulfonamides is 1. The first-order valence-corrected chi connectivity index (χ1v) is 9.89. The van der Waals surface area contributed by atoms with E-state index in [0.717, 1.165) is 22.7 Å². The van der Waals surface area contributed by atoms with E-state index < -0.39 is 28.3 Å². The zero-order valence-corrected chi connectivity index (χ0v) is 15.8. The maximum absolute atomic E-state index is 13.3. The third-order valence-electron chi connectivity index (χ3n) is 3.33. The summed E-state index contributed by atoms with van der Waals surface area (Å²) in [5.74, 6) is -0.577. The Morgan fingerprint density at radius 2 is 1.88 bits per heavy atom. The molecule has 1 amide bonds. The maximum atomic E-state index is 13.3. The summed E-state index contributed by atoms with van der Waals surface area (Å²) in [6.07, 6.45) is 0.953. The Morgan fingerprint density at radius 3 is 2.42 bits per heavy atom. The summed E-state index contributed by atoms with van der Waals surface area (Å²) in [6.45, 7) is 1.90. The van der Waals surface area contributed by atoms with Crippen molar-refractivity contribution in [1.29, 1.82) is 0 Å². The van der Waals surface area contributed by atoms with E-state index >= 15 is 0 Å². The molecule has 6 nitrogen and oxygen atoms in total. The van der Waals surface area contributed by atoms with Crippen LogP contribution in [0.15, 0.2) is 42.5 Å². The van der Waals surface area contributed by atoms with E-state index in [-0.39, 0.29) is 10.7 Å². The normalized spacial score (nSPS) is 11.1. The highest BCUT2D eigenvalue weighted by atomic mass is 35.5. The molecule has 0 unspecified atom stereocenters. The fourth-order valence-corrected chi connectivity index (χ4v) is 3.20. The molecule has 0 aliphatic heterocycles. The molecule has 26 heavy (non-hydrogen) atoms. The number of hydrogen-bond acceptors (Lipinski definition) is 4. The molecule has 0 fully saturated rings. The molecular formula is C17H18ClFN2O4S. The fourth-order valence-electron chi connectivity index (χ4n) is 2.17. The number of hydrogen-bond donors (Lipinski definition) is 1. The van der Waals surface area contributed by atoms with Crippen LogP contribution in [0.2, 0.25) is 5.02 Å². The van der Waals surface area contributed by atoms with Crippen LogP contribution >= 0.6 is 11.6 Å². The van der Waals surface area contributed by atoms with Crippen molar-refractivity contribution in [1.82, 2.24) is 0 Å². The smallest absolute Gasteiger partial charge is 0.245 e. The Bertz CT molecular complexity index is 888. The zero-order chi connectivity index (χ0) is 19.3. The topological polar surface area (TPSA) is 75.7 Å². The first-order chi connectivity index (χ1) is 12.2. The molecule has 9 heteroatoms. The molecule has 1 N–H and O–H groups in total. The van der Waals surface area contributed by atoms with E-state index in [1.165, 1.54) is 6.07 Å². The third kappa shape index (κ3) is 5.34. The average Bonchev–Trinajstić information content (AvgIpc) is 2.56. The third-order valence-corrected chi connectivity index (χ3v) is 4.76. The molecule has 0 saturated carbocycles. The van der Waals surface area contributed by atoms with Crippen LogP contribution in [0, 0.1) is 5.82 Å². The van der Waals surface area contributed by atoms with Crippen molar-refractivity contribution in [3.8, 4) is 5.75 Å². The summed E-state index contributed by atoms with van der Waals surface area (Å²) in [5, 5.41) is 2.37. The lowest BCUT2D eigenvalue weighted by Gasteiger charge is -2.22. The number of nitrogens with one attached hydrogen (secondary N) is 1. The van der Waals surface area contributed by atoms with Crippen LogP contribution in [0.25, 0.3) is 0 Å². The van der Waals surface area contributed by atoms with Crippen molar-refractivity contribution in [2.75, 3.05) is 29.0 Å². The highest BCUT2D eigenvalue weighted by Crippen LogP contribution is 2.24. The molecule has 0 aliphatic rings. The van der Waals surface area contributed by atoms with E-state index in [4.69, 9.17) is 16.3 Å². The van der Waals surface area contributed by atoms with Crippen molar-refractivity contribution >= 4 is 38.9 Å². The number of carbonyl (C=O) groups is 1. The van der Waals surface area contributed by atoms with E-state index in [1.54, 1.807) is 24.3 Å². The first kappa shape index (κ1) is 20.0. The second kappa shape index (κ2) is 8.37. The van der Waals surface area contributed by atoms with Gasteiger partial charge in [-0.05, 0) is 49.4 Å². The first-order valence-electron chi connectivity index (χ1n) is 7.66. The maximum Gasteiger partial charge on any atom is 0.245 e. The van der Waals surface area contributed by atoms with Gasteiger partial charge in [-0.1, -0.05) is 11.6 Å². The van der Waals surface area contributed by atoms with Gasteiger partial charge in [0, 0.05) is 5.69 Å². The number of ether oxygens (including phenoxy) is 1. The van der Waals surface area contributed by atoms with Crippen molar-refractivity contribution in [2.24, 2.45) is 0 Å². The minimum atomic E-state index is -3.78. The van der Waals surface area contributed by atoms with Crippen molar-refractivity contribution < 1.29 is 22.3 Å². The fraction of sp³-hybridized carbons (Fsp3) is 0.235. The Labute approximate surface area is 156 Å². The SMILES string of the molecule is CCOc1ccc(NC(=O)CN(c2ccc(F)c(Cl)c2)S(C)(=O)=O)cc1. The van der Waals surface area contributed by atoms with Gasteiger partial charge < -0.3 is 10.1 Å². The van der Waals surface area contributed by atoms with Gasteiger partial charge in [0.05, 0.1) is 23.6 Å². The monoisotopic (exact) mass is 400 g/mol. The van der Waals surface area contributed by atoms with Gasteiger partial charge in [0.1, 0.15) is 18.1 Å². The van der Waals surface area contributed by atoms with Crippen molar-refractivity contribution in [2.45, 2.75) is 6.92 Å².